The van der Waals surface area contributed by atoms with Crippen LogP contribution < -0.4 is 5.32 Å². The number of hydrogen-bond donors (Lipinski definition) is 1. The molecule has 0 bridgehead atoms. The average molecular weight is 315 g/mol. The molecule has 100 valence electrons. The van der Waals surface area contributed by atoms with E-state index in [1.165, 1.54) is 0 Å². The second-order valence-corrected chi connectivity index (χ2v) is 5.61. The van der Waals surface area contributed by atoms with Crippen molar-refractivity contribution in [3.63, 3.8) is 0 Å². The maximum atomic E-state index is 6.14. The molecule has 0 spiro atoms. The van der Waals surface area contributed by atoms with Gasteiger partial charge in [-0.3, -0.25) is 0 Å². The molecule has 0 saturated carbocycles. The van der Waals surface area contributed by atoms with Gasteiger partial charge in [-0.05, 0) is 36.8 Å². The van der Waals surface area contributed by atoms with Crippen LogP contribution in [0, 0.1) is 0 Å². The number of benzene rings is 2. The highest BCUT2D eigenvalue weighted by molar-refractivity contribution is 6.36. The van der Waals surface area contributed by atoms with Crippen LogP contribution in [0.15, 0.2) is 42.5 Å². The Bertz CT molecular complexity index is 549. The van der Waals surface area contributed by atoms with E-state index in [9.17, 15) is 0 Å². The van der Waals surface area contributed by atoms with Crippen LogP contribution in [0.2, 0.25) is 15.1 Å². The van der Waals surface area contributed by atoms with Gasteiger partial charge in [0.25, 0.3) is 0 Å². The standard InChI is InChI=1S/C15H14Cl3N/c1-10(11-4-2-5-12(16)8-11)19-9-13-14(17)6-3-7-15(13)18/h2-8,10,19H,9H2,1H3/t10-/m0/s1. The molecule has 0 unspecified atom stereocenters. The van der Waals surface area contributed by atoms with Crippen LogP contribution in [-0.2, 0) is 6.54 Å². The van der Waals surface area contributed by atoms with Crippen molar-refractivity contribution in [2.75, 3.05) is 0 Å². The third kappa shape index (κ3) is 3.87. The van der Waals surface area contributed by atoms with E-state index in [1.807, 2.05) is 42.5 Å². The molecule has 2 rings (SSSR count). The van der Waals surface area contributed by atoms with E-state index in [0.29, 0.717) is 16.6 Å². The summed E-state index contributed by atoms with van der Waals surface area (Å²) in [6, 6.07) is 13.5. The Kier molecular flexibility index (Phi) is 5.12. The van der Waals surface area contributed by atoms with E-state index >= 15 is 0 Å². The van der Waals surface area contributed by atoms with Gasteiger partial charge in [0.2, 0.25) is 0 Å². The zero-order valence-electron chi connectivity index (χ0n) is 10.5. The zero-order chi connectivity index (χ0) is 13.8. The van der Waals surface area contributed by atoms with Gasteiger partial charge in [0, 0.05) is 33.2 Å². The first-order valence-electron chi connectivity index (χ1n) is 5.99. The summed E-state index contributed by atoms with van der Waals surface area (Å²) in [5.41, 5.74) is 2.05. The Morgan fingerprint density at radius 1 is 1.00 bits per heavy atom. The van der Waals surface area contributed by atoms with Crippen molar-refractivity contribution in [2.45, 2.75) is 19.5 Å². The van der Waals surface area contributed by atoms with E-state index in [-0.39, 0.29) is 6.04 Å². The van der Waals surface area contributed by atoms with Crippen LogP contribution in [0.3, 0.4) is 0 Å². The summed E-state index contributed by atoms with van der Waals surface area (Å²) < 4.78 is 0. The lowest BCUT2D eigenvalue weighted by Gasteiger charge is -2.16. The van der Waals surface area contributed by atoms with Crippen LogP contribution in [0.1, 0.15) is 24.1 Å². The highest BCUT2D eigenvalue weighted by Crippen LogP contribution is 2.25. The fraction of sp³-hybridized carbons (Fsp3) is 0.200. The van der Waals surface area contributed by atoms with Gasteiger partial charge in [-0.25, -0.2) is 0 Å². The molecule has 0 aromatic heterocycles. The van der Waals surface area contributed by atoms with Gasteiger partial charge in [-0.15, -0.1) is 0 Å². The van der Waals surface area contributed by atoms with Crippen molar-refractivity contribution in [1.29, 1.82) is 0 Å². The minimum absolute atomic E-state index is 0.172. The van der Waals surface area contributed by atoms with E-state index < -0.39 is 0 Å². The molecule has 0 amide bonds. The average Bonchev–Trinajstić information content (AvgIpc) is 2.38. The lowest BCUT2D eigenvalue weighted by Crippen LogP contribution is -2.18. The van der Waals surface area contributed by atoms with E-state index in [4.69, 9.17) is 34.8 Å². The molecule has 19 heavy (non-hydrogen) atoms. The van der Waals surface area contributed by atoms with Gasteiger partial charge in [-0.1, -0.05) is 53.0 Å². The van der Waals surface area contributed by atoms with Crippen molar-refractivity contribution < 1.29 is 0 Å². The maximum absolute atomic E-state index is 6.14. The fourth-order valence-corrected chi connectivity index (χ4v) is 2.58. The molecule has 0 saturated heterocycles. The van der Waals surface area contributed by atoms with E-state index in [2.05, 4.69) is 12.2 Å². The van der Waals surface area contributed by atoms with Crippen LogP contribution in [-0.4, -0.2) is 0 Å². The summed E-state index contributed by atoms with van der Waals surface area (Å²) in [7, 11) is 0. The van der Waals surface area contributed by atoms with Crippen LogP contribution in [0.25, 0.3) is 0 Å². The van der Waals surface area contributed by atoms with Crippen molar-refractivity contribution >= 4 is 34.8 Å². The monoisotopic (exact) mass is 313 g/mol. The van der Waals surface area contributed by atoms with Gasteiger partial charge >= 0.3 is 0 Å². The number of hydrogen-bond acceptors (Lipinski definition) is 1. The predicted molar refractivity (Wildman–Crippen MR) is 83.2 cm³/mol. The largest absolute Gasteiger partial charge is 0.306 e. The van der Waals surface area contributed by atoms with Crippen LogP contribution in [0.4, 0.5) is 0 Å². The normalized spacial score (nSPS) is 12.4. The third-order valence-electron chi connectivity index (χ3n) is 3.00. The summed E-state index contributed by atoms with van der Waals surface area (Å²) in [5, 5.41) is 5.49. The van der Waals surface area contributed by atoms with Gasteiger partial charge in [0.15, 0.2) is 0 Å². The smallest absolute Gasteiger partial charge is 0.0465 e. The van der Waals surface area contributed by atoms with Crippen molar-refractivity contribution in [1.82, 2.24) is 5.32 Å². The topological polar surface area (TPSA) is 12.0 Å². The third-order valence-corrected chi connectivity index (χ3v) is 3.94. The highest BCUT2D eigenvalue weighted by atomic mass is 35.5. The minimum atomic E-state index is 0.172. The molecule has 1 nitrogen and oxygen atoms in total. The summed E-state index contributed by atoms with van der Waals surface area (Å²) in [4.78, 5) is 0. The van der Waals surface area contributed by atoms with Crippen molar-refractivity contribution in [2.24, 2.45) is 0 Å². The SMILES string of the molecule is C[C@H](NCc1c(Cl)cccc1Cl)c1cccc(Cl)c1. The Morgan fingerprint density at radius 3 is 2.26 bits per heavy atom. The molecule has 1 atom stereocenters. The van der Waals surface area contributed by atoms with Gasteiger partial charge in [-0.2, -0.15) is 0 Å². The first-order valence-corrected chi connectivity index (χ1v) is 7.13. The molecule has 2 aromatic carbocycles. The second-order valence-electron chi connectivity index (χ2n) is 4.36. The molecule has 2 aromatic rings. The highest BCUT2D eigenvalue weighted by Gasteiger charge is 2.09. The Labute approximate surface area is 128 Å². The molecule has 0 aliphatic rings. The van der Waals surface area contributed by atoms with E-state index in [1.54, 1.807) is 0 Å². The molecule has 4 heteroatoms. The summed E-state index contributed by atoms with van der Waals surface area (Å²) in [6.07, 6.45) is 0. The summed E-state index contributed by atoms with van der Waals surface area (Å²) >= 11 is 18.3. The second kappa shape index (κ2) is 6.62. The van der Waals surface area contributed by atoms with Crippen molar-refractivity contribution in [3.05, 3.63) is 68.7 Å². The van der Waals surface area contributed by atoms with Crippen molar-refractivity contribution in [3.8, 4) is 0 Å². The maximum Gasteiger partial charge on any atom is 0.0465 e. The molecule has 0 aliphatic carbocycles. The predicted octanol–water partition coefficient (Wildman–Crippen LogP) is 5.50. The first-order chi connectivity index (χ1) is 9.08. The molecule has 0 heterocycles. The molecule has 0 radical (unpaired) electrons. The quantitative estimate of drug-likeness (QED) is 0.786. The Morgan fingerprint density at radius 2 is 1.63 bits per heavy atom. The van der Waals surface area contributed by atoms with Gasteiger partial charge in [0.1, 0.15) is 0 Å². The Hall–Kier alpha value is -0.730. The Balaban J connectivity index is 2.06. The first kappa shape index (κ1) is 14.7. The van der Waals surface area contributed by atoms with Gasteiger partial charge in [0.05, 0.1) is 0 Å². The number of rotatable bonds is 4. The molecular weight excluding hydrogens is 301 g/mol. The molecule has 1 N–H and O–H groups in total. The minimum Gasteiger partial charge on any atom is -0.306 e. The zero-order valence-corrected chi connectivity index (χ0v) is 12.7. The van der Waals surface area contributed by atoms with E-state index in [0.717, 1.165) is 16.1 Å². The van der Waals surface area contributed by atoms with Gasteiger partial charge < -0.3 is 5.32 Å². The number of halogens is 3. The summed E-state index contributed by atoms with van der Waals surface area (Å²) in [5.74, 6) is 0. The lowest BCUT2D eigenvalue weighted by atomic mass is 10.1. The molecule has 0 aliphatic heterocycles. The lowest BCUT2D eigenvalue weighted by molar-refractivity contribution is 0.575. The fourth-order valence-electron chi connectivity index (χ4n) is 1.85. The number of nitrogens with one attached hydrogen (secondary N) is 1. The van der Waals surface area contributed by atoms with Crippen LogP contribution in [0.5, 0.6) is 0 Å². The van der Waals surface area contributed by atoms with Crippen LogP contribution >= 0.6 is 34.8 Å². The molecular formula is C15H14Cl3N. The molecule has 0 fully saturated rings. The summed E-state index contributed by atoms with van der Waals surface area (Å²) in [6.45, 7) is 2.70.